The second-order valence-electron chi connectivity index (χ2n) is 2.43. The van der Waals surface area contributed by atoms with E-state index in [-0.39, 0.29) is 6.42 Å². The molecule has 0 aliphatic rings. The topological polar surface area (TPSA) is 37.3 Å². The van der Waals surface area contributed by atoms with Gasteiger partial charge in [-0.25, -0.2) is 0 Å². The Morgan fingerprint density at radius 2 is 2.33 bits per heavy atom. The average Bonchev–Trinajstić information content (AvgIpc) is 2.43. The van der Waals surface area contributed by atoms with Gasteiger partial charge in [0, 0.05) is 14.3 Å². The molecule has 0 amide bonds. The zero-order valence-electron chi connectivity index (χ0n) is 6.11. The van der Waals surface area contributed by atoms with Crippen LogP contribution in [-0.2, 0) is 11.2 Å². The number of aliphatic carboxylic acids is 1. The molecule has 0 aliphatic carbocycles. The smallest absolute Gasteiger partial charge is 0.308 e. The molecule has 0 fully saturated rings. The molecule has 2 nitrogen and oxygen atoms in total. The highest BCUT2D eigenvalue weighted by atomic mass is 32.1. The van der Waals surface area contributed by atoms with Gasteiger partial charge in [-0.2, -0.15) is 0 Å². The zero-order chi connectivity index (χ0) is 8.55. The van der Waals surface area contributed by atoms with E-state index in [0.29, 0.717) is 0 Å². The van der Waals surface area contributed by atoms with Gasteiger partial charge in [0.15, 0.2) is 0 Å². The van der Waals surface area contributed by atoms with Crippen molar-refractivity contribution in [2.24, 2.45) is 0 Å². The normalized spacial score (nSPS) is 10.7. The summed E-state index contributed by atoms with van der Waals surface area (Å²) in [6, 6.07) is 3.98. The molecule has 2 rings (SSSR count). The highest BCUT2D eigenvalue weighted by Gasteiger charge is 2.05. The first-order valence-electron chi connectivity index (χ1n) is 3.43. The second kappa shape index (κ2) is 2.88. The largest absolute Gasteiger partial charge is 0.481 e. The molecule has 12 heavy (non-hydrogen) atoms. The van der Waals surface area contributed by atoms with Crippen LogP contribution in [0.5, 0.6) is 0 Å². The van der Waals surface area contributed by atoms with E-state index >= 15 is 0 Å². The van der Waals surface area contributed by atoms with E-state index in [1.807, 2.05) is 17.5 Å². The zero-order valence-corrected chi connectivity index (χ0v) is 7.74. The van der Waals surface area contributed by atoms with Crippen LogP contribution in [0.25, 0.3) is 9.40 Å². The van der Waals surface area contributed by atoms with E-state index in [9.17, 15) is 4.79 Å². The Balaban J connectivity index is 2.38. The van der Waals surface area contributed by atoms with Crippen LogP contribution in [0, 0.1) is 0 Å². The lowest BCUT2D eigenvalue weighted by Gasteiger charge is -1.86. The summed E-state index contributed by atoms with van der Waals surface area (Å²) in [7, 11) is 0. The van der Waals surface area contributed by atoms with Crippen molar-refractivity contribution in [1.82, 2.24) is 0 Å². The Morgan fingerprint density at radius 1 is 1.50 bits per heavy atom. The summed E-state index contributed by atoms with van der Waals surface area (Å²) in [5, 5.41) is 10.6. The predicted octanol–water partition coefficient (Wildman–Crippen LogP) is 2.59. The molecule has 0 aliphatic heterocycles. The molecule has 62 valence electrons. The molecular formula is C8H6O2S2. The van der Waals surface area contributed by atoms with Gasteiger partial charge in [-0.15, -0.1) is 22.7 Å². The molecule has 0 saturated heterocycles. The first-order chi connectivity index (χ1) is 5.75. The molecule has 0 spiro atoms. The van der Waals surface area contributed by atoms with Gasteiger partial charge in [0.2, 0.25) is 0 Å². The van der Waals surface area contributed by atoms with Crippen molar-refractivity contribution in [3.05, 3.63) is 22.4 Å². The lowest BCUT2D eigenvalue weighted by Crippen LogP contribution is -1.96. The van der Waals surface area contributed by atoms with E-state index in [4.69, 9.17) is 5.11 Å². The first kappa shape index (κ1) is 7.76. The van der Waals surface area contributed by atoms with Crippen molar-refractivity contribution in [1.29, 1.82) is 0 Å². The Hall–Kier alpha value is -0.870. The third-order valence-corrected chi connectivity index (χ3v) is 3.61. The molecule has 0 unspecified atom stereocenters. The maximum atomic E-state index is 10.4. The van der Waals surface area contributed by atoms with Gasteiger partial charge < -0.3 is 5.11 Å². The predicted molar refractivity (Wildman–Crippen MR) is 51.0 cm³/mol. The van der Waals surface area contributed by atoms with E-state index in [0.717, 1.165) is 4.88 Å². The summed E-state index contributed by atoms with van der Waals surface area (Å²) in [5.74, 6) is -0.760. The summed E-state index contributed by atoms with van der Waals surface area (Å²) < 4.78 is 2.38. The lowest BCUT2D eigenvalue weighted by molar-refractivity contribution is -0.136. The van der Waals surface area contributed by atoms with Gasteiger partial charge >= 0.3 is 5.97 Å². The first-order valence-corrected chi connectivity index (χ1v) is 5.13. The summed E-state index contributed by atoms with van der Waals surface area (Å²) in [5.41, 5.74) is 0. The van der Waals surface area contributed by atoms with Gasteiger partial charge in [-0.1, -0.05) is 0 Å². The maximum Gasteiger partial charge on any atom is 0.308 e. The fourth-order valence-corrected chi connectivity index (χ4v) is 3.18. The van der Waals surface area contributed by atoms with E-state index in [2.05, 4.69) is 0 Å². The van der Waals surface area contributed by atoms with Crippen LogP contribution in [0.3, 0.4) is 0 Å². The minimum atomic E-state index is -0.760. The minimum absolute atomic E-state index is 0.145. The number of carboxylic acids is 1. The van der Waals surface area contributed by atoms with Gasteiger partial charge in [-0.05, 0) is 17.5 Å². The Bertz CT molecular complexity index is 385. The van der Waals surface area contributed by atoms with Gasteiger partial charge in [-0.3, -0.25) is 4.79 Å². The number of thiophene rings is 2. The fraction of sp³-hybridized carbons (Fsp3) is 0.125. The summed E-state index contributed by atoms with van der Waals surface area (Å²) in [6.45, 7) is 0. The van der Waals surface area contributed by atoms with Crippen LogP contribution in [0.15, 0.2) is 17.5 Å². The Kier molecular flexibility index (Phi) is 1.86. The fourth-order valence-electron chi connectivity index (χ4n) is 1.05. The highest BCUT2D eigenvalue weighted by Crippen LogP contribution is 2.29. The number of fused-ring (bicyclic) bond motifs is 1. The molecule has 2 aromatic heterocycles. The van der Waals surface area contributed by atoms with Crippen LogP contribution in [-0.4, -0.2) is 11.1 Å². The number of rotatable bonds is 2. The summed E-state index contributed by atoms with van der Waals surface area (Å²) in [4.78, 5) is 11.3. The van der Waals surface area contributed by atoms with E-state index < -0.39 is 5.97 Å². The summed E-state index contributed by atoms with van der Waals surface area (Å²) >= 11 is 3.21. The van der Waals surface area contributed by atoms with Crippen molar-refractivity contribution in [2.75, 3.05) is 0 Å². The Morgan fingerprint density at radius 3 is 3.00 bits per heavy atom. The van der Waals surface area contributed by atoms with Crippen LogP contribution < -0.4 is 0 Å². The van der Waals surface area contributed by atoms with Gasteiger partial charge in [0.1, 0.15) is 0 Å². The maximum absolute atomic E-state index is 10.4. The third-order valence-electron chi connectivity index (χ3n) is 1.52. The van der Waals surface area contributed by atoms with Crippen LogP contribution in [0.1, 0.15) is 4.88 Å². The third kappa shape index (κ3) is 1.35. The number of hydrogen-bond acceptors (Lipinski definition) is 3. The van der Waals surface area contributed by atoms with Crippen molar-refractivity contribution in [3.63, 3.8) is 0 Å². The molecule has 4 heteroatoms. The van der Waals surface area contributed by atoms with Crippen molar-refractivity contribution in [3.8, 4) is 0 Å². The second-order valence-corrected chi connectivity index (χ2v) is 4.55. The van der Waals surface area contributed by atoms with Crippen molar-refractivity contribution in [2.45, 2.75) is 6.42 Å². The molecular weight excluding hydrogens is 192 g/mol. The number of hydrogen-bond donors (Lipinski definition) is 1. The lowest BCUT2D eigenvalue weighted by atomic mass is 10.3. The molecule has 0 saturated carbocycles. The van der Waals surface area contributed by atoms with E-state index in [1.165, 1.54) is 9.40 Å². The van der Waals surface area contributed by atoms with Crippen LogP contribution in [0.2, 0.25) is 0 Å². The highest BCUT2D eigenvalue weighted by molar-refractivity contribution is 7.26. The number of carboxylic acid groups (broad SMARTS) is 1. The van der Waals surface area contributed by atoms with Crippen molar-refractivity contribution >= 4 is 38.0 Å². The summed E-state index contributed by atoms with van der Waals surface area (Å²) in [6.07, 6.45) is 0.145. The Labute approximate surface area is 77.1 Å². The average molecular weight is 198 g/mol. The number of carbonyl (C=O) groups is 1. The molecule has 0 radical (unpaired) electrons. The molecule has 2 heterocycles. The van der Waals surface area contributed by atoms with E-state index in [1.54, 1.807) is 22.7 Å². The molecule has 0 bridgehead atoms. The van der Waals surface area contributed by atoms with Crippen molar-refractivity contribution < 1.29 is 9.90 Å². The van der Waals surface area contributed by atoms with Gasteiger partial charge in [0.25, 0.3) is 0 Å². The van der Waals surface area contributed by atoms with Crippen LogP contribution in [0.4, 0.5) is 0 Å². The minimum Gasteiger partial charge on any atom is -0.481 e. The molecule has 0 aromatic carbocycles. The monoisotopic (exact) mass is 198 g/mol. The standard InChI is InChI=1S/C8H6O2S2/c9-8(10)4-5-3-7-6(12-5)1-2-11-7/h1-3H,4H2,(H,9,10). The molecule has 2 aromatic rings. The van der Waals surface area contributed by atoms with Gasteiger partial charge in [0.05, 0.1) is 6.42 Å². The molecule has 1 N–H and O–H groups in total. The van der Waals surface area contributed by atoms with Crippen LogP contribution >= 0.6 is 22.7 Å². The quantitative estimate of drug-likeness (QED) is 0.805. The molecule has 0 atom stereocenters. The SMILES string of the molecule is O=C(O)Cc1cc2sccc2s1.